The average Bonchev–Trinajstić information content (AvgIpc) is 2.38. The molecule has 0 aromatic heterocycles. The highest BCUT2D eigenvalue weighted by Crippen LogP contribution is 2.38. The summed E-state index contributed by atoms with van der Waals surface area (Å²) in [4.78, 5) is 9.94. The highest BCUT2D eigenvalue weighted by molar-refractivity contribution is 6.26. The lowest BCUT2D eigenvalue weighted by Crippen LogP contribution is -2.26. The first kappa shape index (κ1) is 13.7. The third-order valence-corrected chi connectivity index (χ3v) is 3.47. The van der Waals surface area contributed by atoms with Crippen LogP contribution in [-0.2, 0) is 9.53 Å². The molecule has 1 aromatic carbocycles. The van der Waals surface area contributed by atoms with Crippen LogP contribution in [0, 0.1) is 0 Å². The number of carbonyl (C=O) groups is 1. The van der Waals surface area contributed by atoms with E-state index in [1.165, 1.54) is 0 Å². The number of aliphatic carboxylic acids is 1. The van der Waals surface area contributed by atoms with Crippen LogP contribution in [0.25, 0.3) is 5.57 Å². The Morgan fingerprint density at radius 1 is 1.42 bits per heavy atom. The van der Waals surface area contributed by atoms with Crippen molar-refractivity contribution < 1.29 is 14.6 Å². The van der Waals surface area contributed by atoms with Crippen molar-refractivity contribution in [1.29, 1.82) is 0 Å². The molecule has 0 fully saturated rings. The summed E-state index contributed by atoms with van der Waals surface area (Å²) in [5, 5.41) is 8.90. The summed E-state index contributed by atoms with van der Waals surface area (Å²) in [6, 6.07) is 9.81. The number of allylic oxidation sites excluding steroid dienone is 4. The molecular weight excluding hydrogens is 264 g/mol. The lowest BCUT2D eigenvalue weighted by molar-refractivity contribution is -0.137. The maximum absolute atomic E-state index is 10.8. The monoisotopic (exact) mass is 278 g/mol. The smallest absolute Gasteiger partial charge is 0.305 e. The molecule has 0 heterocycles. The summed E-state index contributed by atoms with van der Waals surface area (Å²) in [7, 11) is 1.58. The van der Waals surface area contributed by atoms with E-state index in [1.54, 1.807) is 13.2 Å². The minimum absolute atomic E-state index is 0.125. The average molecular weight is 279 g/mol. The Labute approximate surface area is 117 Å². The van der Waals surface area contributed by atoms with Crippen molar-refractivity contribution >= 4 is 23.1 Å². The fourth-order valence-electron chi connectivity index (χ4n) is 2.18. The lowest BCUT2D eigenvalue weighted by Gasteiger charge is -2.27. The number of ether oxygens (including phenoxy) is 1. The van der Waals surface area contributed by atoms with Crippen molar-refractivity contribution in [3.63, 3.8) is 0 Å². The van der Waals surface area contributed by atoms with Gasteiger partial charge in [0.2, 0.25) is 0 Å². The second kappa shape index (κ2) is 5.49. The summed E-state index contributed by atoms with van der Waals surface area (Å²) < 4.78 is 5.39. The molecule has 0 spiro atoms. The number of halogens is 1. The third-order valence-electron chi connectivity index (χ3n) is 3.08. The highest BCUT2D eigenvalue weighted by Gasteiger charge is 2.33. The van der Waals surface area contributed by atoms with E-state index >= 15 is 0 Å². The summed E-state index contributed by atoms with van der Waals surface area (Å²) in [6.07, 6.45) is 3.83. The Morgan fingerprint density at radius 3 is 2.68 bits per heavy atom. The van der Waals surface area contributed by atoms with Crippen LogP contribution in [-0.4, -0.2) is 23.1 Å². The summed E-state index contributed by atoms with van der Waals surface area (Å²) in [5.41, 5.74) is 1.98. The van der Waals surface area contributed by atoms with Crippen LogP contribution in [0.2, 0.25) is 0 Å². The van der Waals surface area contributed by atoms with Crippen LogP contribution in [0.5, 0.6) is 0 Å². The van der Waals surface area contributed by atoms with E-state index in [4.69, 9.17) is 21.4 Å². The van der Waals surface area contributed by atoms with Gasteiger partial charge in [-0.1, -0.05) is 42.5 Å². The van der Waals surface area contributed by atoms with Crippen molar-refractivity contribution in [2.24, 2.45) is 0 Å². The molecule has 0 saturated carbocycles. The molecule has 1 aliphatic rings. The van der Waals surface area contributed by atoms with Crippen molar-refractivity contribution in [2.45, 2.75) is 17.7 Å². The molecule has 3 nitrogen and oxygen atoms in total. The predicted octanol–water partition coefficient (Wildman–Crippen LogP) is 3.46. The zero-order valence-electron chi connectivity index (χ0n) is 10.6. The molecule has 1 aromatic rings. The van der Waals surface area contributed by atoms with Crippen LogP contribution in [0.1, 0.15) is 18.4 Å². The van der Waals surface area contributed by atoms with Gasteiger partial charge in [0.1, 0.15) is 5.76 Å². The number of hydrogen-bond donors (Lipinski definition) is 1. The first-order chi connectivity index (χ1) is 9.04. The van der Waals surface area contributed by atoms with Crippen molar-refractivity contribution in [3.8, 4) is 0 Å². The number of carboxylic acids is 1. The molecule has 4 heteroatoms. The third kappa shape index (κ3) is 3.18. The molecule has 0 amide bonds. The molecule has 1 N–H and O–H groups in total. The fourth-order valence-corrected chi connectivity index (χ4v) is 2.48. The second-order valence-electron chi connectivity index (χ2n) is 4.52. The molecule has 100 valence electrons. The first-order valence-corrected chi connectivity index (χ1v) is 6.34. The van der Waals surface area contributed by atoms with E-state index in [9.17, 15) is 4.79 Å². The Morgan fingerprint density at radius 2 is 2.11 bits per heavy atom. The second-order valence-corrected chi connectivity index (χ2v) is 5.27. The van der Waals surface area contributed by atoms with Crippen molar-refractivity contribution in [1.82, 2.24) is 0 Å². The molecule has 19 heavy (non-hydrogen) atoms. The number of carboxylic acid groups (broad SMARTS) is 1. The van der Waals surface area contributed by atoms with Gasteiger partial charge in [-0.05, 0) is 5.56 Å². The van der Waals surface area contributed by atoms with Gasteiger partial charge in [-0.15, -0.1) is 11.6 Å². The zero-order chi connectivity index (χ0) is 13.9. The number of benzene rings is 1. The van der Waals surface area contributed by atoms with E-state index in [1.807, 2.05) is 36.4 Å². The van der Waals surface area contributed by atoms with E-state index in [0.717, 1.165) is 11.1 Å². The van der Waals surface area contributed by atoms with Gasteiger partial charge in [0.15, 0.2) is 0 Å². The number of rotatable bonds is 4. The SMILES string of the molecule is COC1=C(c2ccccc2)C=CC(Cl)(CC(=O)O)C1. The van der Waals surface area contributed by atoms with E-state index in [0.29, 0.717) is 12.2 Å². The van der Waals surface area contributed by atoms with Gasteiger partial charge in [-0.25, -0.2) is 0 Å². The maximum atomic E-state index is 10.8. The van der Waals surface area contributed by atoms with Crippen LogP contribution >= 0.6 is 11.6 Å². The zero-order valence-corrected chi connectivity index (χ0v) is 11.4. The van der Waals surface area contributed by atoms with Gasteiger partial charge in [-0.3, -0.25) is 4.79 Å². The predicted molar refractivity (Wildman–Crippen MR) is 75.0 cm³/mol. The Bertz CT molecular complexity index is 534. The van der Waals surface area contributed by atoms with Gasteiger partial charge in [0.25, 0.3) is 0 Å². The Hall–Kier alpha value is -1.74. The Balaban J connectivity index is 2.32. The number of methoxy groups -OCH3 is 1. The summed E-state index contributed by atoms with van der Waals surface area (Å²) in [5.74, 6) is -0.205. The molecule has 0 saturated heterocycles. The van der Waals surface area contributed by atoms with Gasteiger partial charge < -0.3 is 9.84 Å². The summed E-state index contributed by atoms with van der Waals surface area (Å²) >= 11 is 6.31. The molecule has 1 atom stereocenters. The molecule has 1 unspecified atom stereocenters. The molecule has 1 aliphatic carbocycles. The van der Waals surface area contributed by atoms with Gasteiger partial charge in [-0.2, -0.15) is 0 Å². The first-order valence-electron chi connectivity index (χ1n) is 5.96. The van der Waals surface area contributed by atoms with Crippen LogP contribution in [0.4, 0.5) is 0 Å². The number of alkyl halides is 1. The van der Waals surface area contributed by atoms with Crippen LogP contribution in [0.3, 0.4) is 0 Å². The normalized spacial score (nSPS) is 22.4. The molecular formula is C15H15ClO3. The van der Waals surface area contributed by atoms with E-state index < -0.39 is 10.8 Å². The van der Waals surface area contributed by atoms with E-state index in [2.05, 4.69) is 0 Å². The van der Waals surface area contributed by atoms with Crippen molar-refractivity contribution in [2.75, 3.05) is 7.11 Å². The molecule has 0 bridgehead atoms. The van der Waals surface area contributed by atoms with Gasteiger partial charge >= 0.3 is 5.97 Å². The summed E-state index contributed by atoms with van der Waals surface area (Å²) in [6.45, 7) is 0. The highest BCUT2D eigenvalue weighted by atomic mass is 35.5. The lowest BCUT2D eigenvalue weighted by atomic mass is 9.89. The molecule has 2 rings (SSSR count). The molecule has 0 aliphatic heterocycles. The minimum atomic E-state index is -0.918. The minimum Gasteiger partial charge on any atom is -0.500 e. The number of hydrogen-bond acceptors (Lipinski definition) is 2. The van der Waals surface area contributed by atoms with E-state index in [-0.39, 0.29) is 6.42 Å². The van der Waals surface area contributed by atoms with Gasteiger partial charge in [0.05, 0.1) is 18.4 Å². The Kier molecular flexibility index (Phi) is 3.96. The van der Waals surface area contributed by atoms with Crippen molar-refractivity contribution in [3.05, 3.63) is 53.8 Å². The van der Waals surface area contributed by atoms with Crippen LogP contribution in [0.15, 0.2) is 48.2 Å². The fraction of sp³-hybridized carbons (Fsp3) is 0.267. The van der Waals surface area contributed by atoms with Gasteiger partial charge in [0, 0.05) is 12.0 Å². The molecule has 0 radical (unpaired) electrons. The quantitative estimate of drug-likeness (QED) is 0.858. The maximum Gasteiger partial charge on any atom is 0.305 e. The topological polar surface area (TPSA) is 46.5 Å². The van der Waals surface area contributed by atoms with Crippen LogP contribution < -0.4 is 0 Å². The largest absolute Gasteiger partial charge is 0.500 e. The standard InChI is InChI=1S/C15H15ClO3/c1-19-13-9-15(16,10-14(17)18)8-7-12(13)11-5-3-2-4-6-11/h2-8H,9-10H2,1H3,(H,17,18).